The zero-order valence-corrected chi connectivity index (χ0v) is 14.3. The predicted octanol–water partition coefficient (Wildman–Crippen LogP) is 4.17. The summed E-state index contributed by atoms with van der Waals surface area (Å²) in [4.78, 5) is 2.64. The Bertz CT molecular complexity index is 728. The van der Waals surface area contributed by atoms with Gasteiger partial charge in [0.2, 0.25) is 0 Å². The van der Waals surface area contributed by atoms with E-state index in [1.165, 1.54) is 27.8 Å². The summed E-state index contributed by atoms with van der Waals surface area (Å²) in [6, 6.07) is 16.5. The van der Waals surface area contributed by atoms with Gasteiger partial charge in [0.05, 0.1) is 0 Å². The van der Waals surface area contributed by atoms with E-state index in [1.807, 2.05) is 0 Å². The topological polar surface area (TPSA) is 15.3 Å². The number of allylic oxidation sites excluding steroid dienone is 1. The highest BCUT2D eigenvalue weighted by molar-refractivity contribution is 5.77. The maximum atomic E-state index is 3.93. The maximum Gasteiger partial charge on any atom is 0.0352 e. The van der Waals surface area contributed by atoms with E-state index in [2.05, 4.69) is 65.3 Å². The fraction of sp³-hybridized carbons (Fsp3) is 0.364. The van der Waals surface area contributed by atoms with Crippen LogP contribution in [-0.2, 0) is 6.42 Å². The van der Waals surface area contributed by atoms with Crippen LogP contribution in [0.5, 0.6) is 0 Å². The van der Waals surface area contributed by atoms with Gasteiger partial charge in [0, 0.05) is 32.2 Å². The molecule has 1 atom stereocenters. The molecule has 1 aliphatic heterocycles. The van der Waals surface area contributed by atoms with Crippen molar-refractivity contribution in [3.63, 3.8) is 0 Å². The van der Waals surface area contributed by atoms with Gasteiger partial charge in [-0.25, -0.2) is 0 Å². The Balaban J connectivity index is 1.64. The van der Waals surface area contributed by atoms with Crippen LogP contribution in [0.2, 0.25) is 0 Å². The second kappa shape index (κ2) is 6.92. The first-order valence-corrected chi connectivity index (χ1v) is 9.13. The first-order valence-electron chi connectivity index (χ1n) is 9.13. The number of hydrogen-bond acceptors (Lipinski definition) is 2. The van der Waals surface area contributed by atoms with Gasteiger partial charge in [-0.1, -0.05) is 48.5 Å². The first kappa shape index (κ1) is 15.6. The molecule has 0 spiro atoms. The highest BCUT2D eigenvalue weighted by Gasteiger charge is 2.24. The lowest BCUT2D eigenvalue weighted by molar-refractivity contribution is 0.166. The molecular formula is C22H26N2. The molecule has 24 heavy (non-hydrogen) atoms. The van der Waals surface area contributed by atoms with Crippen LogP contribution in [-0.4, -0.2) is 31.1 Å². The molecule has 1 heterocycles. The van der Waals surface area contributed by atoms with Gasteiger partial charge in [-0.2, -0.15) is 0 Å². The van der Waals surface area contributed by atoms with Gasteiger partial charge in [0.1, 0.15) is 0 Å². The van der Waals surface area contributed by atoms with Gasteiger partial charge in [-0.05, 0) is 47.1 Å². The van der Waals surface area contributed by atoms with Gasteiger partial charge in [0.15, 0.2) is 0 Å². The van der Waals surface area contributed by atoms with Crippen LogP contribution in [0, 0.1) is 0 Å². The van der Waals surface area contributed by atoms with Crippen molar-refractivity contribution >= 4 is 0 Å². The lowest BCUT2D eigenvalue weighted by Crippen LogP contribution is -2.45. The molecule has 2 aromatic carbocycles. The minimum atomic E-state index is 0.513. The molecule has 1 aliphatic carbocycles. The second-order valence-corrected chi connectivity index (χ2v) is 6.92. The standard InChI is InChI=1S/C22H26N2/c1-2-3-8-22(24-13-11-23-12-14-24)18-9-10-21-19(16-18)15-17-6-4-5-7-20(17)21/h2,4-7,9-10,16,22-23H,1,3,8,11-15H2/t22-/m0/s1. The van der Waals surface area contributed by atoms with E-state index in [0.717, 1.165) is 45.4 Å². The summed E-state index contributed by atoms with van der Waals surface area (Å²) < 4.78 is 0. The summed E-state index contributed by atoms with van der Waals surface area (Å²) in [5, 5.41) is 3.47. The molecule has 0 amide bonds. The molecule has 1 N–H and O–H groups in total. The molecule has 4 rings (SSSR count). The van der Waals surface area contributed by atoms with Crippen molar-refractivity contribution in [2.45, 2.75) is 25.3 Å². The van der Waals surface area contributed by atoms with Gasteiger partial charge < -0.3 is 5.32 Å². The second-order valence-electron chi connectivity index (χ2n) is 6.92. The first-order chi connectivity index (χ1) is 11.9. The molecule has 2 heteroatoms. The van der Waals surface area contributed by atoms with E-state index in [1.54, 1.807) is 0 Å². The molecular weight excluding hydrogens is 292 g/mol. The Morgan fingerprint density at radius 1 is 1.04 bits per heavy atom. The normalized spacial score (nSPS) is 18.0. The van der Waals surface area contributed by atoms with Crippen LogP contribution in [0.25, 0.3) is 11.1 Å². The number of rotatable bonds is 5. The molecule has 0 unspecified atom stereocenters. The number of hydrogen-bond donors (Lipinski definition) is 1. The quantitative estimate of drug-likeness (QED) is 0.710. The average molecular weight is 318 g/mol. The van der Waals surface area contributed by atoms with E-state index < -0.39 is 0 Å². The van der Waals surface area contributed by atoms with Crippen LogP contribution in [0.15, 0.2) is 55.1 Å². The summed E-state index contributed by atoms with van der Waals surface area (Å²) in [5.74, 6) is 0. The summed E-state index contributed by atoms with van der Waals surface area (Å²) in [5.41, 5.74) is 7.29. The fourth-order valence-electron chi connectivity index (χ4n) is 4.20. The lowest BCUT2D eigenvalue weighted by Gasteiger charge is -2.35. The molecule has 1 fully saturated rings. The van der Waals surface area contributed by atoms with E-state index in [-0.39, 0.29) is 0 Å². The summed E-state index contributed by atoms with van der Waals surface area (Å²) >= 11 is 0. The Morgan fingerprint density at radius 3 is 2.67 bits per heavy atom. The number of nitrogens with zero attached hydrogens (tertiary/aromatic N) is 1. The third kappa shape index (κ3) is 2.92. The highest BCUT2D eigenvalue weighted by Crippen LogP contribution is 2.38. The highest BCUT2D eigenvalue weighted by atomic mass is 15.2. The smallest absolute Gasteiger partial charge is 0.0352 e. The van der Waals surface area contributed by atoms with Crippen molar-refractivity contribution in [2.75, 3.05) is 26.2 Å². The number of fused-ring (bicyclic) bond motifs is 3. The molecule has 1 saturated heterocycles. The minimum absolute atomic E-state index is 0.513. The van der Waals surface area contributed by atoms with Crippen molar-refractivity contribution in [1.29, 1.82) is 0 Å². The predicted molar refractivity (Wildman–Crippen MR) is 101 cm³/mol. The summed E-state index contributed by atoms with van der Waals surface area (Å²) in [6.45, 7) is 8.40. The number of piperazine rings is 1. The SMILES string of the molecule is C=CCC[C@@H](c1ccc2c(c1)Cc1ccccc1-2)N1CCNCC1. The maximum absolute atomic E-state index is 3.93. The molecule has 0 saturated carbocycles. The van der Waals surface area contributed by atoms with Crippen LogP contribution < -0.4 is 5.32 Å². The third-order valence-corrected chi connectivity index (χ3v) is 5.44. The average Bonchev–Trinajstić information content (AvgIpc) is 3.01. The lowest BCUT2D eigenvalue weighted by atomic mass is 9.95. The van der Waals surface area contributed by atoms with Crippen molar-refractivity contribution in [2.24, 2.45) is 0 Å². The van der Waals surface area contributed by atoms with Crippen molar-refractivity contribution in [1.82, 2.24) is 10.2 Å². The molecule has 124 valence electrons. The van der Waals surface area contributed by atoms with Gasteiger partial charge >= 0.3 is 0 Å². The zero-order valence-electron chi connectivity index (χ0n) is 14.3. The van der Waals surface area contributed by atoms with Crippen molar-refractivity contribution in [3.05, 3.63) is 71.8 Å². The fourth-order valence-corrected chi connectivity index (χ4v) is 4.20. The largest absolute Gasteiger partial charge is 0.314 e. The molecule has 2 aromatic rings. The van der Waals surface area contributed by atoms with E-state index >= 15 is 0 Å². The molecule has 2 nitrogen and oxygen atoms in total. The summed E-state index contributed by atoms with van der Waals surface area (Å²) in [7, 11) is 0. The van der Waals surface area contributed by atoms with Crippen LogP contribution >= 0.6 is 0 Å². The third-order valence-electron chi connectivity index (χ3n) is 5.44. The zero-order chi connectivity index (χ0) is 16.4. The molecule has 0 radical (unpaired) electrons. The van der Waals surface area contributed by atoms with Gasteiger partial charge in [-0.3, -0.25) is 4.90 Å². The van der Waals surface area contributed by atoms with Crippen LogP contribution in [0.4, 0.5) is 0 Å². The van der Waals surface area contributed by atoms with Crippen molar-refractivity contribution in [3.8, 4) is 11.1 Å². The monoisotopic (exact) mass is 318 g/mol. The summed E-state index contributed by atoms with van der Waals surface area (Å²) in [6.07, 6.45) is 5.37. The Morgan fingerprint density at radius 2 is 1.83 bits per heavy atom. The minimum Gasteiger partial charge on any atom is -0.314 e. The van der Waals surface area contributed by atoms with E-state index in [4.69, 9.17) is 0 Å². The Hall–Kier alpha value is -1.90. The van der Waals surface area contributed by atoms with Gasteiger partial charge in [-0.15, -0.1) is 6.58 Å². The van der Waals surface area contributed by atoms with Crippen molar-refractivity contribution < 1.29 is 0 Å². The molecule has 2 aliphatic rings. The number of nitrogens with one attached hydrogen (secondary N) is 1. The Labute approximate surface area is 145 Å². The van der Waals surface area contributed by atoms with Gasteiger partial charge in [0.25, 0.3) is 0 Å². The van der Waals surface area contributed by atoms with E-state index in [9.17, 15) is 0 Å². The van der Waals surface area contributed by atoms with Crippen LogP contribution in [0.1, 0.15) is 35.6 Å². The van der Waals surface area contributed by atoms with E-state index in [0.29, 0.717) is 6.04 Å². The Kier molecular flexibility index (Phi) is 4.50. The molecule has 0 bridgehead atoms. The number of benzene rings is 2. The van der Waals surface area contributed by atoms with Crippen LogP contribution in [0.3, 0.4) is 0 Å². The molecule has 0 aromatic heterocycles.